The molecular weight excluding hydrogens is 352 g/mol. The van der Waals surface area contributed by atoms with Gasteiger partial charge in [-0.05, 0) is 37.6 Å². The summed E-state index contributed by atoms with van der Waals surface area (Å²) >= 11 is 3.19. The Hall–Kier alpha value is -0.660. The fourth-order valence-electron chi connectivity index (χ4n) is 2.55. The van der Waals surface area contributed by atoms with E-state index in [1.807, 2.05) is 0 Å². The van der Waals surface area contributed by atoms with Gasteiger partial charge in [-0.1, -0.05) is 22.0 Å². The summed E-state index contributed by atoms with van der Waals surface area (Å²) in [5, 5.41) is 3.12. The highest BCUT2D eigenvalue weighted by Gasteiger charge is 2.34. The molecule has 1 aromatic rings. The number of likely N-dealkylation sites (tertiary alicyclic amines) is 1. The Balaban J connectivity index is 1.72. The highest BCUT2D eigenvalue weighted by atomic mass is 79.9. The minimum atomic E-state index is -4.14. The van der Waals surface area contributed by atoms with Crippen LogP contribution in [0.5, 0.6) is 0 Å². The van der Waals surface area contributed by atoms with Crippen LogP contribution < -0.4 is 5.32 Å². The lowest BCUT2D eigenvalue weighted by Gasteiger charge is -2.18. The molecule has 2 rings (SSSR count). The molecule has 21 heavy (non-hydrogen) atoms. The molecular formula is C14H17BrF4N2. The molecule has 0 radical (unpaired) electrons. The van der Waals surface area contributed by atoms with E-state index < -0.39 is 12.7 Å². The van der Waals surface area contributed by atoms with Crippen molar-refractivity contribution in [3.63, 3.8) is 0 Å². The van der Waals surface area contributed by atoms with E-state index in [9.17, 15) is 17.6 Å². The predicted octanol–water partition coefficient (Wildman–Crippen LogP) is 3.56. The normalized spacial score (nSPS) is 20.1. The van der Waals surface area contributed by atoms with Crippen molar-refractivity contribution in [1.82, 2.24) is 10.2 Å². The molecule has 7 heteroatoms. The first-order valence-electron chi connectivity index (χ1n) is 6.77. The van der Waals surface area contributed by atoms with Gasteiger partial charge in [0.1, 0.15) is 5.82 Å². The molecule has 0 aromatic heterocycles. The maximum absolute atomic E-state index is 13.6. The molecule has 0 saturated carbocycles. The number of halogens is 5. The summed E-state index contributed by atoms with van der Waals surface area (Å²) in [4.78, 5) is 1.42. The lowest BCUT2D eigenvalue weighted by molar-refractivity contribution is -0.143. The predicted molar refractivity (Wildman–Crippen MR) is 76.4 cm³/mol. The van der Waals surface area contributed by atoms with Gasteiger partial charge in [-0.2, -0.15) is 13.2 Å². The van der Waals surface area contributed by atoms with Crippen LogP contribution in [0.1, 0.15) is 12.0 Å². The summed E-state index contributed by atoms with van der Waals surface area (Å²) in [5.74, 6) is -0.104. The highest BCUT2D eigenvalue weighted by molar-refractivity contribution is 9.10. The molecule has 1 saturated heterocycles. The first kappa shape index (κ1) is 16.7. The molecule has 1 atom stereocenters. The van der Waals surface area contributed by atoms with E-state index in [0.29, 0.717) is 36.2 Å². The summed E-state index contributed by atoms with van der Waals surface area (Å²) in [5.41, 5.74) is 0.559. The van der Waals surface area contributed by atoms with Gasteiger partial charge in [0.15, 0.2) is 0 Å². The number of alkyl halides is 3. The van der Waals surface area contributed by atoms with Gasteiger partial charge >= 0.3 is 6.18 Å². The Kier molecular flexibility index (Phi) is 5.62. The average Bonchev–Trinajstić information content (AvgIpc) is 2.77. The molecule has 0 amide bonds. The largest absolute Gasteiger partial charge is 0.401 e. The van der Waals surface area contributed by atoms with Gasteiger partial charge in [-0.3, -0.25) is 4.90 Å². The lowest BCUT2D eigenvalue weighted by atomic mass is 10.1. The SMILES string of the molecule is Fc1cc(Br)ccc1CNCC1CCN(CC(F)(F)F)C1. The van der Waals surface area contributed by atoms with Gasteiger partial charge in [0.25, 0.3) is 0 Å². The molecule has 1 heterocycles. The van der Waals surface area contributed by atoms with Crippen molar-refractivity contribution in [2.45, 2.75) is 19.1 Å². The van der Waals surface area contributed by atoms with Crippen molar-refractivity contribution in [1.29, 1.82) is 0 Å². The standard InChI is InChI=1S/C14H17BrF4N2/c15-12-2-1-11(13(16)5-12)7-20-6-10-3-4-21(8-10)9-14(17,18)19/h1-2,5,10,20H,3-4,6-9H2. The van der Waals surface area contributed by atoms with Crippen LogP contribution in [0.2, 0.25) is 0 Å². The van der Waals surface area contributed by atoms with Crippen LogP contribution in [0.4, 0.5) is 17.6 Å². The van der Waals surface area contributed by atoms with Gasteiger partial charge in [0, 0.05) is 23.1 Å². The third kappa shape index (κ3) is 5.56. The number of hydrogen-bond donors (Lipinski definition) is 1. The summed E-state index contributed by atoms with van der Waals surface area (Å²) < 4.78 is 51.1. The number of rotatable bonds is 5. The van der Waals surface area contributed by atoms with E-state index in [-0.39, 0.29) is 11.7 Å². The van der Waals surface area contributed by atoms with Crippen molar-refractivity contribution >= 4 is 15.9 Å². The Morgan fingerprint density at radius 1 is 1.33 bits per heavy atom. The molecule has 118 valence electrons. The summed E-state index contributed by atoms with van der Waals surface area (Å²) in [6, 6.07) is 4.86. The summed E-state index contributed by atoms with van der Waals surface area (Å²) in [7, 11) is 0. The zero-order valence-electron chi connectivity index (χ0n) is 11.4. The smallest absolute Gasteiger partial charge is 0.312 e. The second kappa shape index (κ2) is 7.07. The van der Waals surface area contributed by atoms with Crippen LogP contribution in [0.15, 0.2) is 22.7 Å². The van der Waals surface area contributed by atoms with E-state index in [4.69, 9.17) is 0 Å². The Morgan fingerprint density at radius 2 is 2.10 bits per heavy atom. The van der Waals surface area contributed by atoms with Crippen LogP contribution in [-0.4, -0.2) is 37.3 Å². The molecule has 1 unspecified atom stereocenters. The quantitative estimate of drug-likeness (QED) is 0.799. The van der Waals surface area contributed by atoms with Crippen LogP contribution in [0.3, 0.4) is 0 Å². The second-order valence-corrected chi connectivity index (χ2v) is 6.29. The van der Waals surface area contributed by atoms with Crippen molar-refractivity contribution in [2.24, 2.45) is 5.92 Å². The number of hydrogen-bond acceptors (Lipinski definition) is 2. The lowest BCUT2D eigenvalue weighted by Crippen LogP contribution is -2.33. The van der Waals surface area contributed by atoms with Crippen molar-refractivity contribution in [2.75, 3.05) is 26.2 Å². The van der Waals surface area contributed by atoms with Crippen LogP contribution in [0, 0.1) is 11.7 Å². The van der Waals surface area contributed by atoms with Crippen molar-refractivity contribution in [3.8, 4) is 0 Å². The molecule has 1 aromatic carbocycles. The molecule has 1 fully saturated rings. The Morgan fingerprint density at radius 3 is 2.76 bits per heavy atom. The fourth-order valence-corrected chi connectivity index (χ4v) is 2.89. The van der Waals surface area contributed by atoms with E-state index in [0.717, 1.165) is 6.42 Å². The minimum Gasteiger partial charge on any atom is -0.312 e. The van der Waals surface area contributed by atoms with E-state index in [1.54, 1.807) is 12.1 Å². The zero-order valence-corrected chi connectivity index (χ0v) is 13.0. The Bertz CT molecular complexity index is 479. The summed E-state index contributed by atoms with van der Waals surface area (Å²) in [6.45, 7) is 1.05. The van der Waals surface area contributed by atoms with E-state index in [1.165, 1.54) is 11.0 Å². The zero-order chi connectivity index (χ0) is 15.5. The first-order valence-corrected chi connectivity index (χ1v) is 7.56. The van der Waals surface area contributed by atoms with Gasteiger partial charge < -0.3 is 5.32 Å². The van der Waals surface area contributed by atoms with Crippen LogP contribution in [-0.2, 0) is 6.54 Å². The van der Waals surface area contributed by atoms with E-state index >= 15 is 0 Å². The summed E-state index contributed by atoms with van der Waals surface area (Å²) in [6.07, 6.45) is -3.39. The Labute approximate surface area is 129 Å². The average molecular weight is 369 g/mol. The van der Waals surface area contributed by atoms with Crippen molar-refractivity contribution in [3.05, 3.63) is 34.1 Å². The molecule has 2 nitrogen and oxygen atoms in total. The molecule has 1 aliphatic heterocycles. The minimum absolute atomic E-state index is 0.186. The van der Waals surface area contributed by atoms with Gasteiger partial charge in [0.2, 0.25) is 0 Å². The molecule has 0 aliphatic carbocycles. The molecule has 0 bridgehead atoms. The highest BCUT2D eigenvalue weighted by Crippen LogP contribution is 2.22. The second-order valence-electron chi connectivity index (χ2n) is 5.37. The number of benzene rings is 1. The maximum atomic E-state index is 13.6. The molecule has 1 aliphatic rings. The van der Waals surface area contributed by atoms with Gasteiger partial charge in [-0.25, -0.2) is 4.39 Å². The number of nitrogens with zero attached hydrogens (tertiary/aromatic N) is 1. The van der Waals surface area contributed by atoms with Crippen molar-refractivity contribution < 1.29 is 17.6 Å². The van der Waals surface area contributed by atoms with E-state index in [2.05, 4.69) is 21.2 Å². The third-order valence-corrected chi connectivity index (χ3v) is 4.03. The first-order chi connectivity index (χ1) is 9.83. The van der Waals surface area contributed by atoms with Gasteiger partial charge in [0.05, 0.1) is 6.54 Å². The molecule has 1 N–H and O–H groups in total. The van der Waals surface area contributed by atoms with Crippen LogP contribution in [0.25, 0.3) is 0 Å². The topological polar surface area (TPSA) is 15.3 Å². The fraction of sp³-hybridized carbons (Fsp3) is 0.571. The van der Waals surface area contributed by atoms with Crippen LogP contribution >= 0.6 is 15.9 Å². The monoisotopic (exact) mass is 368 g/mol. The number of nitrogens with one attached hydrogen (secondary N) is 1. The molecule has 0 spiro atoms. The maximum Gasteiger partial charge on any atom is 0.401 e. The van der Waals surface area contributed by atoms with Gasteiger partial charge in [-0.15, -0.1) is 0 Å². The third-order valence-electron chi connectivity index (χ3n) is 3.54.